The summed E-state index contributed by atoms with van der Waals surface area (Å²) in [4.78, 5) is 4.24. The van der Waals surface area contributed by atoms with Gasteiger partial charge in [0.15, 0.2) is 5.82 Å². The van der Waals surface area contributed by atoms with Gasteiger partial charge in [-0.2, -0.15) is 5.10 Å². The van der Waals surface area contributed by atoms with E-state index in [1.54, 1.807) is 6.20 Å². The molecule has 0 saturated heterocycles. The van der Waals surface area contributed by atoms with Gasteiger partial charge in [-0.15, -0.1) is 5.10 Å². The number of rotatable bonds is 4. The van der Waals surface area contributed by atoms with Crippen molar-refractivity contribution in [3.63, 3.8) is 0 Å². The van der Waals surface area contributed by atoms with Crippen LogP contribution in [0.5, 0.6) is 0 Å². The minimum Gasteiger partial charge on any atom is -0.320 e. The van der Waals surface area contributed by atoms with Crippen LogP contribution in [0.3, 0.4) is 0 Å². The quantitative estimate of drug-likeness (QED) is 0.655. The predicted octanol–water partition coefficient (Wildman–Crippen LogP) is 0.332. The maximum atomic E-state index is 4.24. The number of nitrogens with zero attached hydrogens (tertiary/aromatic N) is 3. The molecule has 0 aliphatic heterocycles. The topological polar surface area (TPSA) is 50.7 Å². The highest BCUT2D eigenvalue weighted by molar-refractivity contribution is 4.92. The summed E-state index contributed by atoms with van der Waals surface area (Å²) in [6, 6.07) is 0. The molecule has 12 heavy (non-hydrogen) atoms. The molecule has 4 nitrogen and oxygen atoms in total. The molecule has 66 valence electrons. The van der Waals surface area contributed by atoms with Crippen molar-refractivity contribution in [2.75, 3.05) is 13.6 Å². The van der Waals surface area contributed by atoms with E-state index in [1.807, 2.05) is 14.0 Å². The van der Waals surface area contributed by atoms with E-state index in [2.05, 4.69) is 20.5 Å². The average Bonchev–Trinajstić information content (AvgIpc) is 2.05. The van der Waals surface area contributed by atoms with Crippen molar-refractivity contribution in [2.24, 2.45) is 0 Å². The fraction of sp³-hybridized carbons (Fsp3) is 0.625. The average molecular weight is 166 g/mol. The van der Waals surface area contributed by atoms with Gasteiger partial charge in [-0.25, -0.2) is 4.98 Å². The van der Waals surface area contributed by atoms with Gasteiger partial charge in [-0.1, -0.05) is 0 Å². The normalized spacial score (nSPS) is 10.2. The Bertz CT molecular complexity index is 236. The van der Waals surface area contributed by atoms with Crippen LogP contribution >= 0.6 is 0 Å². The summed E-state index contributed by atoms with van der Waals surface area (Å²) in [7, 11) is 1.94. The van der Waals surface area contributed by atoms with Crippen molar-refractivity contribution in [1.29, 1.82) is 0 Å². The smallest absolute Gasteiger partial charge is 0.151 e. The zero-order valence-electron chi connectivity index (χ0n) is 7.54. The van der Waals surface area contributed by atoms with Gasteiger partial charge in [-0.05, 0) is 26.9 Å². The van der Waals surface area contributed by atoms with Gasteiger partial charge in [0.1, 0.15) is 0 Å². The van der Waals surface area contributed by atoms with Crippen molar-refractivity contribution >= 4 is 0 Å². The van der Waals surface area contributed by atoms with Crippen LogP contribution in [0.1, 0.15) is 17.9 Å². The first-order valence-electron chi connectivity index (χ1n) is 4.12. The van der Waals surface area contributed by atoms with Crippen molar-refractivity contribution in [1.82, 2.24) is 20.5 Å². The third-order valence-electron chi connectivity index (χ3n) is 1.55. The molecule has 1 heterocycles. The lowest BCUT2D eigenvalue weighted by atomic mass is 10.3. The van der Waals surface area contributed by atoms with Crippen LogP contribution in [0.15, 0.2) is 6.20 Å². The highest BCUT2D eigenvalue weighted by Gasteiger charge is 1.96. The van der Waals surface area contributed by atoms with E-state index in [1.165, 1.54) is 0 Å². The van der Waals surface area contributed by atoms with Gasteiger partial charge in [0.25, 0.3) is 0 Å². The van der Waals surface area contributed by atoms with Gasteiger partial charge in [0, 0.05) is 6.42 Å². The zero-order chi connectivity index (χ0) is 8.81. The second kappa shape index (κ2) is 4.77. The van der Waals surface area contributed by atoms with Gasteiger partial charge < -0.3 is 5.32 Å². The molecule has 1 aromatic heterocycles. The molecule has 0 radical (unpaired) electrons. The molecule has 1 rings (SSSR count). The Morgan fingerprint density at radius 3 is 3.00 bits per heavy atom. The molecule has 0 unspecified atom stereocenters. The van der Waals surface area contributed by atoms with Gasteiger partial charge >= 0.3 is 0 Å². The van der Waals surface area contributed by atoms with Crippen LogP contribution in [-0.2, 0) is 6.42 Å². The maximum Gasteiger partial charge on any atom is 0.151 e. The van der Waals surface area contributed by atoms with Crippen molar-refractivity contribution in [3.05, 3.63) is 17.7 Å². The summed E-state index contributed by atoms with van der Waals surface area (Å²) in [5, 5.41) is 10.8. The summed E-state index contributed by atoms with van der Waals surface area (Å²) in [6.07, 6.45) is 3.62. The number of hydrogen-bond acceptors (Lipinski definition) is 4. The lowest BCUT2D eigenvalue weighted by molar-refractivity contribution is 0.687. The Balaban J connectivity index is 2.41. The van der Waals surface area contributed by atoms with E-state index in [0.29, 0.717) is 0 Å². The third-order valence-corrected chi connectivity index (χ3v) is 1.55. The van der Waals surface area contributed by atoms with E-state index in [4.69, 9.17) is 0 Å². The molecule has 0 saturated carbocycles. The fourth-order valence-corrected chi connectivity index (χ4v) is 0.963. The lowest BCUT2D eigenvalue weighted by Gasteiger charge is -1.98. The largest absolute Gasteiger partial charge is 0.320 e. The molecule has 0 aliphatic rings. The van der Waals surface area contributed by atoms with Crippen molar-refractivity contribution in [3.8, 4) is 0 Å². The Hall–Kier alpha value is -1.03. The predicted molar refractivity (Wildman–Crippen MR) is 46.8 cm³/mol. The molecule has 0 spiro atoms. The highest BCUT2D eigenvalue weighted by Crippen LogP contribution is 1.94. The van der Waals surface area contributed by atoms with E-state index in [9.17, 15) is 0 Å². The molecular weight excluding hydrogens is 152 g/mol. The minimum atomic E-state index is 0.838. The molecule has 0 amide bonds. The maximum absolute atomic E-state index is 4.24. The molecule has 0 bridgehead atoms. The van der Waals surface area contributed by atoms with Crippen LogP contribution < -0.4 is 5.32 Å². The molecule has 0 fully saturated rings. The first kappa shape index (κ1) is 9.06. The van der Waals surface area contributed by atoms with E-state index >= 15 is 0 Å². The number of aromatic nitrogens is 3. The summed E-state index contributed by atoms with van der Waals surface area (Å²) >= 11 is 0. The third kappa shape index (κ3) is 2.92. The first-order chi connectivity index (χ1) is 5.83. The summed E-state index contributed by atoms with van der Waals surface area (Å²) in [5.41, 5.74) is 0.935. The van der Waals surface area contributed by atoms with Crippen LogP contribution in [0, 0.1) is 6.92 Å². The lowest BCUT2D eigenvalue weighted by Crippen LogP contribution is -2.09. The molecule has 1 N–H and O–H groups in total. The molecule has 0 atom stereocenters. The number of nitrogens with one attached hydrogen (secondary N) is 1. The van der Waals surface area contributed by atoms with Gasteiger partial charge in [0.05, 0.1) is 11.9 Å². The standard InChI is InChI=1S/C8H14N4/c1-7-6-10-12-8(11-7)4-3-5-9-2/h6,9H,3-5H2,1-2H3. The summed E-state index contributed by atoms with van der Waals surface area (Å²) < 4.78 is 0. The second-order valence-electron chi connectivity index (χ2n) is 2.72. The number of aryl methyl sites for hydroxylation is 2. The van der Waals surface area contributed by atoms with Crippen LogP contribution in [-0.4, -0.2) is 28.8 Å². The monoisotopic (exact) mass is 166 g/mol. The van der Waals surface area contributed by atoms with Crippen LogP contribution in [0.2, 0.25) is 0 Å². The molecule has 0 aliphatic carbocycles. The van der Waals surface area contributed by atoms with Crippen LogP contribution in [0.25, 0.3) is 0 Å². The molecule has 1 aromatic rings. The Morgan fingerprint density at radius 2 is 2.33 bits per heavy atom. The first-order valence-corrected chi connectivity index (χ1v) is 4.12. The Morgan fingerprint density at radius 1 is 1.50 bits per heavy atom. The van der Waals surface area contributed by atoms with Crippen molar-refractivity contribution in [2.45, 2.75) is 19.8 Å². The number of hydrogen-bond donors (Lipinski definition) is 1. The summed E-state index contributed by atoms with van der Waals surface area (Å²) in [6.45, 7) is 2.92. The SMILES string of the molecule is CNCCCc1nncc(C)n1. The highest BCUT2D eigenvalue weighted by atomic mass is 15.1. The van der Waals surface area contributed by atoms with E-state index < -0.39 is 0 Å². The fourth-order valence-electron chi connectivity index (χ4n) is 0.963. The Kier molecular flexibility index (Phi) is 3.60. The van der Waals surface area contributed by atoms with Crippen LogP contribution in [0.4, 0.5) is 0 Å². The van der Waals surface area contributed by atoms with Crippen molar-refractivity contribution < 1.29 is 0 Å². The van der Waals surface area contributed by atoms with E-state index in [-0.39, 0.29) is 0 Å². The second-order valence-corrected chi connectivity index (χ2v) is 2.72. The zero-order valence-corrected chi connectivity index (χ0v) is 7.54. The van der Waals surface area contributed by atoms with Gasteiger partial charge in [-0.3, -0.25) is 0 Å². The van der Waals surface area contributed by atoms with Gasteiger partial charge in [0.2, 0.25) is 0 Å². The molecule has 4 heteroatoms. The molecular formula is C8H14N4. The molecule has 0 aromatic carbocycles. The minimum absolute atomic E-state index is 0.838. The Labute approximate surface area is 72.4 Å². The van der Waals surface area contributed by atoms with E-state index in [0.717, 1.165) is 30.9 Å². The summed E-state index contributed by atoms with van der Waals surface area (Å²) in [5.74, 6) is 0.838.